The third kappa shape index (κ3) is 3.03. The van der Waals surface area contributed by atoms with Crippen molar-refractivity contribution in [3.05, 3.63) is 0 Å². The van der Waals surface area contributed by atoms with Crippen molar-refractivity contribution in [1.82, 2.24) is 0 Å². The summed E-state index contributed by atoms with van der Waals surface area (Å²) in [5, 5.41) is 0. The molecule has 0 saturated heterocycles. The molecule has 0 aromatic rings. The van der Waals surface area contributed by atoms with E-state index >= 15 is 0 Å². The summed E-state index contributed by atoms with van der Waals surface area (Å²) in [6, 6.07) is 0. The molecule has 100 valence electrons. The summed E-state index contributed by atoms with van der Waals surface area (Å²) in [7, 11) is 0. The first-order valence-corrected chi connectivity index (χ1v) is 7.49. The lowest BCUT2D eigenvalue weighted by Crippen LogP contribution is -2.53. The Bertz CT molecular complexity index is 242. The number of rotatable bonds is 2. The van der Waals surface area contributed by atoms with E-state index in [-0.39, 0.29) is 5.66 Å². The van der Waals surface area contributed by atoms with Gasteiger partial charge in [-0.25, -0.2) is 0 Å². The maximum Gasteiger partial charge on any atom is 0.0636 e. The van der Waals surface area contributed by atoms with Gasteiger partial charge in [0.05, 0.1) is 5.66 Å². The van der Waals surface area contributed by atoms with Crippen molar-refractivity contribution < 1.29 is 0 Å². The highest BCUT2D eigenvalue weighted by Gasteiger charge is 2.40. The van der Waals surface area contributed by atoms with Gasteiger partial charge in [-0.1, -0.05) is 33.1 Å². The van der Waals surface area contributed by atoms with Crippen LogP contribution in [0.3, 0.4) is 0 Å². The zero-order chi connectivity index (χ0) is 12.5. The second-order valence-electron chi connectivity index (χ2n) is 7.16. The van der Waals surface area contributed by atoms with Crippen LogP contribution in [0.2, 0.25) is 0 Å². The highest BCUT2D eigenvalue weighted by molar-refractivity contribution is 4.93. The third-order valence-corrected chi connectivity index (χ3v) is 5.63. The molecule has 2 fully saturated rings. The Balaban J connectivity index is 1.95. The first-order valence-electron chi connectivity index (χ1n) is 7.49. The molecule has 0 atom stereocenters. The van der Waals surface area contributed by atoms with E-state index in [0.29, 0.717) is 5.41 Å². The molecule has 2 heteroatoms. The van der Waals surface area contributed by atoms with Crippen LogP contribution in [0.1, 0.15) is 71.6 Å². The Hall–Kier alpha value is -0.0800. The van der Waals surface area contributed by atoms with Gasteiger partial charge in [-0.15, -0.1) is 0 Å². The fourth-order valence-corrected chi connectivity index (χ4v) is 4.08. The predicted octanol–water partition coefficient (Wildman–Crippen LogP) is 3.40. The number of hydrogen-bond acceptors (Lipinski definition) is 2. The van der Waals surface area contributed by atoms with Crippen LogP contribution in [0.15, 0.2) is 0 Å². The summed E-state index contributed by atoms with van der Waals surface area (Å²) in [5.41, 5.74) is 12.2. The summed E-state index contributed by atoms with van der Waals surface area (Å²) in [4.78, 5) is 0. The Kier molecular flexibility index (Phi) is 3.84. The van der Waals surface area contributed by atoms with Gasteiger partial charge in [0.25, 0.3) is 0 Å². The van der Waals surface area contributed by atoms with Gasteiger partial charge in [0, 0.05) is 0 Å². The third-order valence-electron chi connectivity index (χ3n) is 5.63. The SMILES string of the molecule is CC(C)(C1CCCCC1)C1CCC(N)(N)CC1. The zero-order valence-corrected chi connectivity index (χ0v) is 11.7. The molecule has 0 aliphatic heterocycles. The fraction of sp³-hybridized carbons (Fsp3) is 1.00. The second kappa shape index (κ2) is 4.89. The van der Waals surface area contributed by atoms with Gasteiger partial charge in [-0.2, -0.15) is 0 Å². The van der Waals surface area contributed by atoms with Crippen LogP contribution in [0.4, 0.5) is 0 Å². The van der Waals surface area contributed by atoms with E-state index in [1.165, 1.54) is 44.9 Å². The van der Waals surface area contributed by atoms with E-state index in [0.717, 1.165) is 24.7 Å². The normalized spacial score (nSPS) is 28.2. The van der Waals surface area contributed by atoms with E-state index in [4.69, 9.17) is 11.5 Å². The average Bonchev–Trinajstić information content (AvgIpc) is 2.29. The zero-order valence-electron chi connectivity index (χ0n) is 11.7. The standard InChI is InChI=1S/C15H30N2/c1-14(2,12-6-4-3-5-7-12)13-8-10-15(16,17)11-9-13/h12-13H,3-11,16-17H2,1-2H3. The first-order chi connectivity index (χ1) is 7.92. The molecule has 0 heterocycles. The van der Waals surface area contributed by atoms with E-state index in [1.54, 1.807) is 0 Å². The van der Waals surface area contributed by atoms with Crippen molar-refractivity contribution >= 4 is 0 Å². The van der Waals surface area contributed by atoms with Crippen LogP contribution >= 0.6 is 0 Å². The lowest BCUT2D eigenvalue weighted by Gasteiger charge is -2.47. The summed E-state index contributed by atoms with van der Waals surface area (Å²) in [5.74, 6) is 1.77. The lowest BCUT2D eigenvalue weighted by molar-refractivity contribution is 0.0436. The van der Waals surface area contributed by atoms with Gasteiger partial charge in [0.2, 0.25) is 0 Å². The van der Waals surface area contributed by atoms with Gasteiger partial charge in [0.15, 0.2) is 0 Å². The van der Waals surface area contributed by atoms with Crippen molar-refractivity contribution in [3.8, 4) is 0 Å². The van der Waals surface area contributed by atoms with Gasteiger partial charge in [0.1, 0.15) is 0 Å². The molecule has 2 saturated carbocycles. The van der Waals surface area contributed by atoms with Crippen LogP contribution in [0, 0.1) is 17.3 Å². The molecule has 0 amide bonds. The molecule has 0 aromatic carbocycles. The molecule has 4 N–H and O–H groups in total. The highest BCUT2D eigenvalue weighted by atomic mass is 15.0. The van der Waals surface area contributed by atoms with Crippen LogP contribution in [-0.4, -0.2) is 5.66 Å². The Morgan fingerprint density at radius 3 is 1.82 bits per heavy atom. The molecule has 2 nitrogen and oxygen atoms in total. The average molecular weight is 238 g/mol. The van der Waals surface area contributed by atoms with Gasteiger partial charge in [-0.3, -0.25) is 0 Å². The minimum Gasteiger partial charge on any atom is -0.313 e. The molecule has 0 radical (unpaired) electrons. The summed E-state index contributed by atoms with van der Waals surface area (Å²) in [6.45, 7) is 4.99. The van der Waals surface area contributed by atoms with Crippen molar-refractivity contribution in [1.29, 1.82) is 0 Å². The number of hydrogen-bond donors (Lipinski definition) is 2. The predicted molar refractivity (Wildman–Crippen MR) is 73.4 cm³/mol. The minimum atomic E-state index is -0.376. The minimum absolute atomic E-state index is 0.376. The van der Waals surface area contributed by atoms with Gasteiger partial charge < -0.3 is 11.5 Å². The highest BCUT2D eigenvalue weighted by Crippen LogP contribution is 2.48. The molecule has 2 aliphatic rings. The second-order valence-corrected chi connectivity index (χ2v) is 7.16. The molecular formula is C15H30N2. The van der Waals surface area contributed by atoms with E-state index in [2.05, 4.69) is 13.8 Å². The van der Waals surface area contributed by atoms with Crippen LogP contribution in [-0.2, 0) is 0 Å². The molecule has 0 unspecified atom stereocenters. The van der Waals surface area contributed by atoms with E-state index in [1.807, 2.05) is 0 Å². The summed E-state index contributed by atoms with van der Waals surface area (Å²) < 4.78 is 0. The Morgan fingerprint density at radius 2 is 1.29 bits per heavy atom. The molecule has 0 aromatic heterocycles. The monoisotopic (exact) mass is 238 g/mol. The van der Waals surface area contributed by atoms with E-state index < -0.39 is 0 Å². The summed E-state index contributed by atoms with van der Waals surface area (Å²) in [6.07, 6.45) is 11.7. The maximum absolute atomic E-state index is 6.04. The van der Waals surface area contributed by atoms with E-state index in [9.17, 15) is 0 Å². The van der Waals surface area contributed by atoms with Crippen molar-refractivity contribution in [3.63, 3.8) is 0 Å². The Labute approximate surface area is 107 Å². The quantitative estimate of drug-likeness (QED) is 0.724. The molecule has 0 spiro atoms. The maximum atomic E-state index is 6.04. The van der Waals surface area contributed by atoms with Crippen LogP contribution < -0.4 is 11.5 Å². The summed E-state index contributed by atoms with van der Waals surface area (Å²) >= 11 is 0. The molecule has 0 bridgehead atoms. The fourth-order valence-electron chi connectivity index (χ4n) is 4.08. The molecular weight excluding hydrogens is 208 g/mol. The van der Waals surface area contributed by atoms with Crippen molar-refractivity contribution in [2.75, 3.05) is 0 Å². The van der Waals surface area contributed by atoms with Gasteiger partial charge >= 0.3 is 0 Å². The Morgan fingerprint density at radius 1 is 0.824 bits per heavy atom. The largest absolute Gasteiger partial charge is 0.313 e. The lowest BCUT2D eigenvalue weighted by atomic mass is 9.60. The number of nitrogens with two attached hydrogens (primary N) is 2. The molecule has 17 heavy (non-hydrogen) atoms. The van der Waals surface area contributed by atoms with Crippen LogP contribution in [0.5, 0.6) is 0 Å². The van der Waals surface area contributed by atoms with Crippen LogP contribution in [0.25, 0.3) is 0 Å². The molecule has 2 rings (SSSR count). The van der Waals surface area contributed by atoms with Gasteiger partial charge in [-0.05, 0) is 55.8 Å². The first kappa shape index (κ1) is 13.4. The van der Waals surface area contributed by atoms with Crippen molar-refractivity contribution in [2.45, 2.75) is 77.3 Å². The smallest absolute Gasteiger partial charge is 0.0636 e. The van der Waals surface area contributed by atoms with Crippen molar-refractivity contribution in [2.24, 2.45) is 28.7 Å². The topological polar surface area (TPSA) is 52.0 Å². The molecule has 2 aliphatic carbocycles.